The van der Waals surface area contributed by atoms with Crippen LogP contribution in [0.2, 0.25) is 0 Å². The summed E-state index contributed by atoms with van der Waals surface area (Å²) in [5.41, 5.74) is 9.24. The van der Waals surface area contributed by atoms with Crippen LogP contribution in [-0.2, 0) is 18.9 Å². The van der Waals surface area contributed by atoms with E-state index in [2.05, 4.69) is 43.7 Å². The SMILES string of the molecule is Cc1nn(C)c(C)c1-c1nc2nccc(-c3ccc4c(c3)CCCC[C@H]4NC(=O)c3cc(C(C)(C)C)on3)c2[nH]1. The van der Waals surface area contributed by atoms with Gasteiger partial charge in [0.25, 0.3) is 5.91 Å². The fourth-order valence-corrected chi connectivity index (χ4v) is 5.65. The van der Waals surface area contributed by atoms with E-state index in [1.165, 1.54) is 5.56 Å². The molecule has 4 heterocycles. The molecule has 206 valence electrons. The molecular weight excluding hydrogens is 502 g/mol. The Kier molecular flexibility index (Phi) is 6.32. The number of aromatic amines is 1. The number of carbonyl (C=O) groups is 1. The van der Waals surface area contributed by atoms with Crippen molar-refractivity contribution in [3.63, 3.8) is 0 Å². The van der Waals surface area contributed by atoms with E-state index in [0.29, 0.717) is 17.1 Å². The van der Waals surface area contributed by atoms with Gasteiger partial charge in [0.2, 0.25) is 0 Å². The number of amides is 1. The summed E-state index contributed by atoms with van der Waals surface area (Å²) in [6.45, 7) is 10.2. The fourth-order valence-electron chi connectivity index (χ4n) is 5.65. The van der Waals surface area contributed by atoms with Crippen molar-refractivity contribution in [3.05, 3.63) is 70.5 Å². The molecular formula is C31H35N7O2. The minimum absolute atomic E-state index is 0.0819. The maximum atomic E-state index is 13.1. The molecule has 0 bridgehead atoms. The van der Waals surface area contributed by atoms with Crippen molar-refractivity contribution in [2.75, 3.05) is 0 Å². The Morgan fingerprint density at radius 2 is 1.98 bits per heavy atom. The molecule has 4 aromatic heterocycles. The minimum atomic E-state index is -0.208. The van der Waals surface area contributed by atoms with Gasteiger partial charge in [0, 0.05) is 36.0 Å². The van der Waals surface area contributed by atoms with Crippen LogP contribution in [0.25, 0.3) is 33.7 Å². The summed E-state index contributed by atoms with van der Waals surface area (Å²) in [6, 6.07) is 10.2. The first kappa shape index (κ1) is 26.0. The Morgan fingerprint density at radius 1 is 1.15 bits per heavy atom. The van der Waals surface area contributed by atoms with Gasteiger partial charge < -0.3 is 14.8 Å². The van der Waals surface area contributed by atoms with E-state index in [9.17, 15) is 4.79 Å². The fraction of sp³-hybridized carbons (Fsp3) is 0.387. The summed E-state index contributed by atoms with van der Waals surface area (Å²) in [6.07, 6.45) is 5.76. The maximum absolute atomic E-state index is 13.1. The highest BCUT2D eigenvalue weighted by atomic mass is 16.5. The van der Waals surface area contributed by atoms with Crippen molar-refractivity contribution in [3.8, 4) is 22.5 Å². The van der Waals surface area contributed by atoms with Crippen LogP contribution < -0.4 is 5.32 Å². The molecule has 0 unspecified atom stereocenters. The first-order chi connectivity index (χ1) is 19.1. The number of aryl methyl sites for hydroxylation is 3. The van der Waals surface area contributed by atoms with Gasteiger partial charge >= 0.3 is 0 Å². The van der Waals surface area contributed by atoms with E-state index in [1.807, 2.05) is 58.6 Å². The van der Waals surface area contributed by atoms with Crippen molar-refractivity contribution >= 4 is 17.1 Å². The number of nitrogens with one attached hydrogen (secondary N) is 2. The number of nitrogens with zero attached hydrogens (tertiary/aromatic N) is 5. The Balaban J connectivity index is 1.32. The van der Waals surface area contributed by atoms with Crippen LogP contribution in [0.1, 0.15) is 84.8 Å². The lowest BCUT2D eigenvalue weighted by atomic mass is 9.93. The Hall–Kier alpha value is -4.27. The molecule has 0 fully saturated rings. The van der Waals surface area contributed by atoms with Crippen molar-refractivity contribution in [1.82, 2.24) is 35.2 Å². The van der Waals surface area contributed by atoms with Crippen LogP contribution >= 0.6 is 0 Å². The molecule has 0 spiro atoms. The summed E-state index contributed by atoms with van der Waals surface area (Å²) in [4.78, 5) is 26.0. The highest BCUT2D eigenvalue weighted by Crippen LogP contribution is 2.35. The third-order valence-corrected chi connectivity index (χ3v) is 7.94. The van der Waals surface area contributed by atoms with Crippen molar-refractivity contribution in [2.24, 2.45) is 7.05 Å². The Labute approximate surface area is 233 Å². The van der Waals surface area contributed by atoms with Crippen molar-refractivity contribution in [2.45, 2.75) is 71.8 Å². The van der Waals surface area contributed by atoms with Crippen molar-refractivity contribution < 1.29 is 9.32 Å². The summed E-state index contributed by atoms with van der Waals surface area (Å²) in [5.74, 6) is 1.27. The average molecular weight is 538 g/mol. The summed E-state index contributed by atoms with van der Waals surface area (Å²) in [7, 11) is 1.94. The van der Waals surface area contributed by atoms with E-state index in [-0.39, 0.29) is 17.4 Å². The number of fused-ring (bicyclic) bond motifs is 2. The zero-order valence-electron chi connectivity index (χ0n) is 23.9. The van der Waals surface area contributed by atoms with Gasteiger partial charge in [-0.25, -0.2) is 9.97 Å². The maximum Gasteiger partial charge on any atom is 0.273 e. The predicted molar refractivity (Wildman–Crippen MR) is 154 cm³/mol. The van der Waals surface area contributed by atoms with Gasteiger partial charge in [0.05, 0.1) is 22.8 Å². The van der Waals surface area contributed by atoms with E-state index in [0.717, 1.165) is 70.7 Å². The number of aromatic nitrogens is 6. The van der Waals surface area contributed by atoms with Gasteiger partial charge in [-0.3, -0.25) is 9.48 Å². The number of carbonyl (C=O) groups excluding carboxylic acids is 1. The van der Waals surface area contributed by atoms with Gasteiger partial charge in [-0.05, 0) is 55.9 Å². The lowest BCUT2D eigenvalue weighted by Gasteiger charge is -2.19. The van der Waals surface area contributed by atoms with Crippen LogP contribution in [0.15, 0.2) is 41.1 Å². The zero-order chi connectivity index (χ0) is 28.2. The first-order valence-electron chi connectivity index (χ1n) is 13.9. The zero-order valence-corrected chi connectivity index (χ0v) is 23.9. The summed E-state index contributed by atoms with van der Waals surface area (Å²) in [5, 5.41) is 11.8. The smallest absolute Gasteiger partial charge is 0.273 e. The molecule has 0 aliphatic heterocycles. The molecule has 40 heavy (non-hydrogen) atoms. The van der Waals surface area contributed by atoms with Crippen LogP contribution in [0.4, 0.5) is 0 Å². The highest BCUT2D eigenvalue weighted by molar-refractivity contribution is 5.93. The van der Waals surface area contributed by atoms with Crippen LogP contribution in [-0.4, -0.2) is 35.8 Å². The highest BCUT2D eigenvalue weighted by Gasteiger charge is 2.26. The number of imidazole rings is 1. The molecule has 1 amide bonds. The lowest BCUT2D eigenvalue weighted by molar-refractivity contribution is 0.0925. The number of rotatable bonds is 4. The summed E-state index contributed by atoms with van der Waals surface area (Å²) >= 11 is 0. The monoisotopic (exact) mass is 537 g/mol. The number of hydrogen-bond acceptors (Lipinski definition) is 6. The van der Waals surface area contributed by atoms with E-state index >= 15 is 0 Å². The molecule has 6 rings (SSSR count). The first-order valence-corrected chi connectivity index (χ1v) is 13.9. The largest absolute Gasteiger partial charge is 0.360 e. The molecule has 0 radical (unpaired) electrons. The molecule has 5 aromatic rings. The second kappa shape index (κ2) is 9.73. The Morgan fingerprint density at radius 3 is 2.70 bits per heavy atom. The van der Waals surface area contributed by atoms with E-state index in [1.54, 1.807) is 6.07 Å². The van der Waals surface area contributed by atoms with Gasteiger partial charge in [-0.15, -0.1) is 0 Å². The van der Waals surface area contributed by atoms with Gasteiger partial charge in [-0.2, -0.15) is 5.10 Å². The van der Waals surface area contributed by atoms with E-state index in [4.69, 9.17) is 9.51 Å². The van der Waals surface area contributed by atoms with Gasteiger partial charge in [-0.1, -0.05) is 50.5 Å². The molecule has 1 aliphatic rings. The number of hydrogen-bond donors (Lipinski definition) is 2. The molecule has 1 aromatic carbocycles. The summed E-state index contributed by atoms with van der Waals surface area (Å²) < 4.78 is 7.32. The standard InChI is InChI=1S/C31H35N7O2/c1-17-26(18(2)38(6)36-17)28-34-27-22(13-14-32-29(27)35-28)20-11-12-21-19(15-20)9-7-8-10-23(21)33-30(39)24-16-25(40-37-24)31(3,4)5/h11-16,23H,7-10H2,1-6H3,(H,33,39)(H,32,34,35)/t23-/m1/s1. The second-order valence-corrected chi connectivity index (χ2v) is 11.8. The molecule has 1 aliphatic carbocycles. The molecule has 0 saturated carbocycles. The third kappa shape index (κ3) is 4.59. The minimum Gasteiger partial charge on any atom is -0.360 e. The lowest BCUT2D eigenvalue weighted by Crippen LogP contribution is -2.29. The third-order valence-electron chi connectivity index (χ3n) is 7.94. The number of pyridine rings is 1. The van der Waals surface area contributed by atoms with Gasteiger partial charge in [0.15, 0.2) is 11.3 Å². The molecule has 9 heteroatoms. The molecule has 9 nitrogen and oxygen atoms in total. The van der Waals surface area contributed by atoms with Crippen LogP contribution in [0.3, 0.4) is 0 Å². The normalized spacial score (nSPS) is 15.7. The molecule has 2 N–H and O–H groups in total. The topological polar surface area (TPSA) is 115 Å². The number of H-pyrrole nitrogens is 1. The molecule has 1 atom stereocenters. The average Bonchev–Trinajstić information content (AvgIpc) is 3.59. The second-order valence-electron chi connectivity index (χ2n) is 11.8. The van der Waals surface area contributed by atoms with Crippen LogP contribution in [0.5, 0.6) is 0 Å². The quantitative estimate of drug-likeness (QED) is 0.267. The van der Waals surface area contributed by atoms with Crippen molar-refractivity contribution in [1.29, 1.82) is 0 Å². The van der Waals surface area contributed by atoms with Gasteiger partial charge in [0.1, 0.15) is 11.6 Å². The Bertz CT molecular complexity index is 1730. The van der Waals surface area contributed by atoms with E-state index < -0.39 is 0 Å². The number of benzene rings is 1. The predicted octanol–water partition coefficient (Wildman–Crippen LogP) is 6.13. The molecule has 0 saturated heterocycles. The van der Waals surface area contributed by atoms with Crippen LogP contribution in [0, 0.1) is 13.8 Å².